The molecule has 1 heterocycles. The summed E-state index contributed by atoms with van der Waals surface area (Å²) in [5.41, 5.74) is 2.63. The van der Waals surface area contributed by atoms with Crippen molar-refractivity contribution in [3.63, 3.8) is 0 Å². The monoisotopic (exact) mass is 385 g/mol. The van der Waals surface area contributed by atoms with Crippen molar-refractivity contribution in [3.8, 4) is 0 Å². The molecule has 1 fully saturated rings. The topological polar surface area (TPSA) is 44.4 Å². The van der Waals surface area contributed by atoms with E-state index in [1.807, 2.05) is 18.2 Å². The molecule has 0 bridgehead atoms. The highest BCUT2D eigenvalue weighted by Gasteiger charge is 2.23. The van der Waals surface area contributed by atoms with E-state index in [1.54, 1.807) is 12.1 Å². The molecule has 27 heavy (non-hydrogen) atoms. The lowest BCUT2D eigenvalue weighted by Gasteiger charge is -2.34. The third kappa shape index (κ3) is 5.04. The molecule has 0 radical (unpaired) electrons. The van der Waals surface area contributed by atoms with Crippen LogP contribution < -0.4 is 10.6 Å². The van der Waals surface area contributed by atoms with Crippen molar-refractivity contribution < 1.29 is 9.18 Å². The second-order valence-corrected chi connectivity index (χ2v) is 7.07. The SMILES string of the molecule is CCc1ccccc1NC(=S)N1CCC(NC(=O)c2cccc(F)c2)CC1. The minimum Gasteiger partial charge on any atom is -0.349 e. The van der Waals surface area contributed by atoms with Gasteiger partial charge in [0.15, 0.2) is 5.11 Å². The molecular formula is C21H24FN3OS. The Balaban J connectivity index is 1.51. The van der Waals surface area contributed by atoms with Gasteiger partial charge in [-0.3, -0.25) is 4.79 Å². The maximum Gasteiger partial charge on any atom is 0.251 e. The number of nitrogens with zero attached hydrogens (tertiary/aromatic N) is 1. The third-order valence-electron chi connectivity index (χ3n) is 4.84. The van der Waals surface area contributed by atoms with E-state index in [0.717, 1.165) is 38.0 Å². The highest BCUT2D eigenvalue weighted by Crippen LogP contribution is 2.18. The zero-order valence-corrected chi connectivity index (χ0v) is 16.2. The number of piperidine rings is 1. The minimum absolute atomic E-state index is 0.0720. The van der Waals surface area contributed by atoms with Gasteiger partial charge in [-0.1, -0.05) is 31.2 Å². The predicted molar refractivity (Wildman–Crippen MR) is 111 cm³/mol. The fraction of sp³-hybridized carbons (Fsp3) is 0.333. The highest BCUT2D eigenvalue weighted by atomic mass is 32.1. The zero-order valence-electron chi connectivity index (χ0n) is 15.4. The Morgan fingerprint density at radius 1 is 1.19 bits per heavy atom. The highest BCUT2D eigenvalue weighted by molar-refractivity contribution is 7.80. The number of nitrogens with one attached hydrogen (secondary N) is 2. The minimum atomic E-state index is -0.402. The molecular weight excluding hydrogens is 361 g/mol. The molecule has 1 aliphatic heterocycles. The van der Waals surface area contributed by atoms with E-state index in [2.05, 4.69) is 28.5 Å². The molecule has 1 aliphatic rings. The number of rotatable bonds is 4. The van der Waals surface area contributed by atoms with Crippen LogP contribution in [0, 0.1) is 5.82 Å². The van der Waals surface area contributed by atoms with Gasteiger partial charge < -0.3 is 15.5 Å². The van der Waals surface area contributed by atoms with Crippen LogP contribution in [0.25, 0.3) is 0 Å². The van der Waals surface area contributed by atoms with Gasteiger partial charge in [-0.25, -0.2) is 4.39 Å². The Hall–Kier alpha value is -2.47. The molecule has 0 unspecified atom stereocenters. The summed E-state index contributed by atoms with van der Waals surface area (Å²) in [7, 11) is 0. The van der Waals surface area contributed by atoms with Gasteiger partial charge in [-0.15, -0.1) is 0 Å². The van der Waals surface area contributed by atoms with Gasteiger partial charge in [0.1, 0.15) is 5.82 Å². The summed E-state index contributed by atoms with van der Waals surface area (Å²) in [6.07, 6.45) is 2.55. The van der Waals surface area contributed by atoms with E-state index in [9.17, 15) is 9.18 Å². The first-order valence-corrected chi connectivity index (χ1v) is 9.68. The van der Waals surface area contributed by atoms with Crippen LogP contribution in [0.4, 0.5) is 10.1 Å². The summed E-state index contributed by atoms with van der Waals surface area (Å²) in [5.74, 6) is -0.633. The first-order valence-electron chi connectivity index (χ1n) is 9.27. The molecule has 0 aliphatic carbocycles. The molecule has 0 atom stereocenters. The van der Waals surface area contributed by atoms with Crippen molar-refractivity contribution >= 4 is 28.9 Å². The molecule has 4 nitrogen and oxygen atoms in total. The molecule has 142 valence electrons. The van der Waals surface area contributed by atoms with Crippen LogP contribution in [-0.4, -0.2) is 35.1 Å². The van der Waals surface area contributed by atoms with Gasteiger partial charge in [0.2, 0.25) is 0 Å². The van der Waals surface area contributed by atoms with Gasteiger partial charge in [0, 0.05) is 30.4 Å². The molecule has 0 spiro atoms. The number of hydrogen-bond acceptors (Lipinski definition) is 2. The predicted octanol–water partition coefficient (Wildman–Crippen LogP) is 3.98. The summed E-state index contributed by atoms with van der Waals surface area (Å²) >= 11 is 5.57. The van der Waals surface area contributed by atoms with Crippen molar-refractivity contribution in [3.05, 3.63) is 65.5 Å². The number of aryl methyl sites for hydroxylation is 1. The normalized spacial score (nSPS) is 14.7. The molecule has 2 aromatic rings. The van der Waals surface area contributed by atoms with E-state index in [-0.39, 0.29) is 11.9 Å². The van der Waals surface area contributed by atoms with Crippen LogP contribution in [0.2, 0.25) is 0 Å². The number of para-hydroxylation sites is 1. The van der Waals surface area contributed by atoms with Gasteiger partial charge in [0.05, 0.1) is 0 Å². The molecule has 0 saturated carbocycles. The van der Waals surface area contributed by atoms with E-state index in [1.165, 1.54) is 17.7 Å². The van der Waals surface area contributed by atoms with Crippen molar-refractivity contribution in [2.45, 2.75) is 32.2 Å². The second kappa shape index (κ2) is 8.95. The third-order valence-corrected chi connectivity index (χ3v) is 5.20. The average molecular weight is 386 g/mol. The molecule has 2 aromatic carbocycles. The van der Waals surface area contributed by atoms with Crippen molar-refractivity contribution in [1.29, 1.82) is 0 Å². The standard InChI is InChI=1S/C21H24FN3OS/c1-2-15-6-3-4-9-19(15)24-21(27)25-12-10-18(11-13-25)23-20(26)16-7-5-8-17(22)14-16/h3-9,14,18H,2,10-13H2,1H3,(H,23,26)(H,24,27). The summed E-state index contributed by atoms with van der Waals surface area (Å²) in [6, 6.07) is 14.0. The lowest BCUT2D eigenvalue weighted by molar-refractivity contribution is 0.0922. The lowest BCUT2D eigenvalue weighted by Crippen LogP contribution is -2.47. The second-order valence-electron chi connectivity index (χ2n) is 6.69. The largest absolute Gasteiger partial charge is 0.349 e. The molecule has 6 heteroatoms. The number of likely N-dealkylation sites (tertiary alicyclic amines) is 1. The van der Waals surface area contributed by atoms with Crippen molar-refractivity contribution in [2.24, 2.45) is 0 Å². The van der Waals surface area contributed by atoms with Crippen molar-refractivity contribution in [1.82, 2.24) is 10.2 Å². The maximum absolute atomic E-state index is 13.3. The number of carbonyl (C=O) groups excluding carboxylic acids is 1. The number of anilines is 1. The number of thiocarbonyl (C=S) groups is 1. The van der Waals surface area contributed by atoms with Gasteiger partial charge in [-0.2, -0.15) is 0 Å². The Morgan fingerprint density at radius 2 is 1.93 bits per heavy atom. The van der Waals surface area contributed by atoms with Crippen LogP contribution in [0.5, 0.6) is 0 Å². The van der Waals surface area contributed by atoms with Crippen molar-refractivity contribution in [2.75, 3.05) is 18.4 Å². The number of hydrogen-bond donors (Lipinski definition) is 2. The summed E-state index contributed by atoms with van der Waals surface area (Å²) < 4.78 is 13.3. The molecule has 1 saturated heterocycles. The van der Waals surface area contributed by atoms with Gasteiger partial charge in [-0.05, 0) is 61.3 Å². The molecule has 1 amide bonds. The Bertz CT molecular complexity index is 819. The van der Waals surface area contributed by atoms with Crippen LogP contribution in [0.3, 0.4) is 0 Å². The number of amides is 1. The number of halogens is 1. The summed E-state index contributed by atoms with van der Waals surface area (Å²) in [4.78, 5) is 14.4. The first kappa shape index (κ1) is 19.3. The summed E-state index contributed by atoms with van der Waals surface area (Å²) in [6.45, 7) is 3.67. The Kier molecular flexibility index (Phi) is 6.40. The van der Waals surface area contributed by atoms with Gasteiger partial charge >= 0.3 is 0 Å². The van der Waals surface area contributed by atoms with Crippen LogP contribution in [-0.2, 0) is 6.42 Å². The molecule has 0 aromatic heterocycles. The van der Waals surface area contributed by atoms with E-state index >= 15 is 0 Å². The van der Waals surface area contributed by atoms with Crippen LogP contribution in [0.1, 0.15) is 35.7 Å². The Labute approximate surface area is 164 Å². The fourth-order valence-electron chi connectivity index (χ4n) is 3.27. The lowest BCUT2D eigenvalue weighted by atomic mass is 10.0. The van der Waals surface area contributed by atoms with Crippen LogP contribution >= 0.6 is 12.2 Å². The summed E-state index contributed by atoms with van der Waals surface area (Å²) in [5, 5.41) is 7.05. The van der Waals surface area contributed by atoms with Gasteiger partial charge in [0.25, 0.3) is 5.91 Å². The maximum atomic E-state index is 13.3. The molecule has 3 rings (SSSR count). The fourth-order valence-corrected chi connectivity index (χ4v) is 3.56. The molecule has 2 N–H and O–H groups in total. The number of carbonyl (C=O) groups is 1. The van der Waals surface area contributed by atoms with Crippen LogP contribution in [0.15, 0.2) is 48.5 Å². The van der Waals surface area contributed by atoms with E-state index in [0.29, 0.717) is 10.7 Å². The number of benzene rings is 2. The Morgan fingerprint density at radius 3 is 2.63 bits per heavy atom. The van der Waals surface area contributed by atoms with E-state index in [4.69, 9.17) is 12.2 Å². The zero-order chi connectivity index (χ0) is 19.2. The quantitative estimate of drug-likeness (QED) is 0.782. The average Bonchev–Trinajstić information content (AvgIpc) is 2.69. The smallest absolute Gasteiger partial charge is 0.251 e. The van der Waals surface area contributed by atoms with E-state index < -0.39 is 5.82 Å². The first-order chi connectivity index (χ1) is 13.1.